The van der Waals surface area contributed by atoms with Gasteiger partial charge in [0.05, 0.1) is 13.2 Å². The first-order valence-electron chi connectivity index (χ1n) is 21.3. The lowest BCUT2D eigenvalue weighted by Gasteiger charge is -2.20. The Hall–Kier alpha value is -0.990. The van der Waals surface area contributed by atoms with Crippen LogP contribution in [-0.4, -0.2) is 68.3 Å². The number of hydrogen-bond acceptors (Lipinski definition) is 8. The maximum atomic E-state index is 12.6. The lowest BCUT2D eigenvalue weighted by atomic mass is 10.0. The van der Waals surface area contributed by atoms with Gasteiger partial charge in [0.1, 0.15) is 6.61 Å². The van der Waals surface area contributed by atoms with E-state index in [-0.39, 0.29) is 25.6 Å². The largest absolute Gasteiger partial charge is 0.472 e. The zero-order chi connectivity index (χ0) is 37.7. The maximum absolute atomic E-state index is 12.6. The number of carbonyl (C=O) groups is 2. The predicted molar refractivity (Wildman–Crippen MR) is 211 cm³/mol. The molecule has 10 heteroatoms. The fourth-order valence-electron chi connectivity index (χ4n) is 6.10. The van der Waals surface area contributed by atoms with Crippen LogP contribution in [0.15, 0.2) is 0 Å². The van der Waals surface area contributed by atoms with Gasteiger partial charge >= 0.3 is 19.8 Å². The first-order valence-corrected chi connectivity index (χ1v) is 22.8. The van der Waals surface area contributed by atoms with E-state index in [1.165, 1.54) is 141 Å². The number of likely N-dealkylation sites (N-methyl/N-ethyl adjacent to an activating group) is 1. The first kappa shape index (κ1) is 50.0. The average Bonchev–Trinajstić information content (AvgIpc) is 3.09. The van der Waals surface area contributed by atoms with E-state index in [4.69, 9.17) is 18.5 Å². The van der Waals surface area contributed by atoms with Crippen molar-refractivity contribution >= 4 is 19.8 Å². The van der Waals surface area contributed by atoms with Gasteiger partial charge in [0.2, 0.25) is 0 Å². The highest BCUT2D eigenvalue weighted by Crippen LogP contribution is 2.43. The Bertz CT molecular complexity index is 827. The number of phosphoric acid groups is 1. The number of unbranched alkanes of at least 4 members (excludes halogenated alkanes) is 26. The van der Waals surface area contributed by atoms with Gasteiger partial charge in [-0.2, -0.15) is 0 Å². The molecule has 2 atom stereocenters. The third-order valence-corrected chi connectivity index (χ3v) is 10.4. The van der Waals surface area contributed by atoms with Crippen LogP contribution in [0.5, 0.6) is 0 Å². The van der Waals surface area contributed by atoms with E-state index in [9.17, 15) is 19.0 Å². The van der Waals surface area contributed by atoms with Crippen LogP contribution in [0, 0.1) is 0 Å². The third-order valence-electron chi connectivity index (χ3n) is 9.41. The van der Waals surface area contributed by atoms with E-state index < -0.39 is 26.5 Å². The van der Waals surface area contributed by atoms with Gasteiger partial charge in [-0.1, -0.05) is 181 Å². The van der Waals surface area contributed by atoms with Crippen LogP contribution in [0.1, 0.15) is 206 Å². The van der Waals surface area contributed by atoms with E-state index in [1.807, 2.05) is 19.0 Å². The molecular formula is C41H82NO8P. The summed E-state index contributed by atoms with van der Waals surface area (Å²) in [4.78, 5) is 36.9. The second kappa shape index (κ2) is 37.3. The van der Waals surface area contributed by atoms with Gasteiger partial charge in [-0.05, 0) is 26.9 Å². The van der Waals surface area contributed by atoms with Gasteiger partial charge in [0, 0.05) is 19.4 Å². The summed E-state index contributed by atoms with van der Waals surface area (Å²) in [6, 6.07) is 0. The summed E-state index contributed by atoms with van der Waals surface area (Å²) in [7, 11) is -0.697. The normalized spacial score (nSPS) is 13.4. The van der Waals surface area contributed by atoms with Crippen molar-refractivity contribution in [2.75, 3.05) is 40.5 Å². The topological polar surface area (TPSA) is 112 Å². The molecule has 304 valence electrons. The fraction of sp³-hybridized carbons (Fsp3) is 0.951. The molecule has 9 nitrogen and oxygen atoms in total. The Morgan fingerprint density at radius 1 is 0.529 bits per heavy atom. The highest BCUT2D eigenvalue weighted by molar-refractivity contribution is 7.47. The summed E-state index contributed by atoms with van der Waals surface area (Å²) in [5, 5.41) is 0. The molecule has 2 unspecified atom stereocenters. The van der Waals surface area contributed by atoms with Gasteiger partial charge in [-0.25, -0.2) is 4.57 Å². The summed E-state index contributed by atoms with van der Waals surface area (Å²) in [5.74, 6) is -0.789. The van der Waals surface area contributed by atoms with Crippen LogP contribution in [0.4, 0.5) is 0 Å². The average molecular weight is 748 g/mol. The predicted octanol–water partition coefficient (Wildman–Crippen LogP) is 11.9. The molecule has 0 rings (SSSR count). The highest BCUT2D eigenvalue weighted by atomic mass is 31.2. The van der Waals surface area contributed by atoms with Gasteiger partial charge in [-0.3, -0.25) is 18.6 Å². The molecule has 0 spiro atoms. The van der Waals surface area contributed by atoms with E-state index in [0.717, 1.165) is 38.5 Å². The molecule has 0 amide bonds. The van der Waals surface area contributed by atoms with Crippen molar-refractivity contribution in [1.82, 2.24) is 4.90 Å². The lowest BCUT2D eigenvalue weighted by molar-refractivity contribution is -0.161. The van der Waals surface area contributed by atoms with Crippen LogP contribution in [0.2, 0.25) is 0 Å². The Labute approximate surface area is 314 Å². The van der Waals surface area contributed by atoms with Gasteiger partial charge in [0.25, 0.3) is 0 Å². The van der Waals surface area contributed by atoms with Gasteiger partial charge in [0.15, 0.2) is 6.10 Å². The van der Waals surface area contributed by atoms with Gasteiger partial charge in [-0.15, -0.1) is 0 Å². The number of hydrogen-bond donors (Lipinski definition) is 1. The minimum absolute atomic E-state index is 0.0124. The summed E-state index contributed by atoms with van der Waals surface area (Å²) in [6.45, 7) is 4.35. The summed E-state index contributed by atoms with van der Waals surface area (Å²) >= 11 is 0. The Balaban J connectivity index is 4.26. The molecule has 0 aromatic rings. The third kappa shape index (κ3) is 38.5. The highest BCUT2D eigenvalue weighted by Gasteiger charge is 2.26. The molecule has 0 bridgehead atoms. The van der Waals surface area contributed by atoms with Crippen LogP contribution in [-0.2, 0) is 32.7 Å². The number of phosphoric ester groups is 1. The van der Waals surface area contributed by atoms with E-state index in [2.05, 4.69) is 13.8 Å². The summed E-state index contributed by atoms with van der Waals surface area (Å²) < 4.78 is 33.4. The minimum Gasteiger partial charge on any atom is -0.462 e. The molecule has 0 aliphatic rings. The molecular weight excluding hydrogens is 665 g/mol. The quantitative estimate of drug-likeness (QED) is 0.0372. The van der Waals surface area contributed by atoms with Crippen molar-refractivity contribution in [3.63, 3.8) is 0 Å². The van der Waals surface area contributed by atoms with E-state index in [0.29, 0.717) is 13.0 Å². The summed E-state index contributed by atoms with van der Waals surface area (Å²) in [6.07, 6.45) is 34.2. The minimum atomic E-state index is -4.35. The van der Waals surface area contributed by atoms with Crippen molar-refractivity contribution in [2.24, 2.45) is 0 Å². The van der Waals surface area contributed by atoms with Gasteiger partial charge < -0.3 is 19.3 Å². The van der Waals surface area contributed by atoms with Crippen molar-refractivity contribution in [3.05, 3.63) is 0 Å². The standard InChI is InChI=1S/C41H82NO8P/c1-5-7-9-11-13-15-17-19-20-22-23-25-27-29-31-33-40(43)47-37-39(38-49-51(45,46)48-36-35-42(3)4)50-41(44)34-32-30-28-26-24-21-18-16-14-12-10-8-6-2/h39H,5-38H2,1-4H3,(H,45,46). The molecule has 0 heterocycles. The molecule has 0 saturated heterocycles. The molecule has 0 aliphatic carbocycles. The molecule has 0 aromatic heterocycles. The number of carbonyl (C=O) groups excluding carboxylic acids is 2. The van der Waals surface area contributed by atoms with E-state index >= 15 is 0 Å². The molecule has 0 saturated carbocycles. The maximum Gasteiger partial charge on any atom is 0.472 e. The Kier molecular flexibility index (Phi) is 36.6. The molecule has 0 fully saturated rings. The molecule has 0 aliphatic heterocycles. The second-order valence-electron chi connectivity index (χ2n) is 14.9. The van der Waals surface area contributed by atoms with Crippen LogP contribution in [0.3, 0.4) is 0 Å². The van der Waals surface area contributed by atoms with E-state index in [1.54, 1.807) is 0 Å². The Morgan fingerprint density at radius 2 is 0.882 bits per heavy atom. The SMILES string of the molecule is CCCCCCCCCCCCCCCCCC(=O)OCC(COP(=O)(O)OCCN(C)C)OC(=O)CCCCCCCCCCCCCCC. The fourth-order valence-corrected chi connectivity index (χ4v) is 6.84. The van der Waals surface area contributed by atoms with Crippen LogP contribution >= 0.6 is 7.82 Å². The van der Waals surface area contributed by atoms with Crippen molar-refractivity contribution in [3.8, 4) is 0 Å². The monoisotopic (exact) mass is 748 g/mol. The molecule has 0 aromatic carbocycles. The number of rotatable bonds is 40. The second-order valence-corrected chi connectivity index (χ2v) is 16.3. The van der Waals surface area contributed by atoms with Crippen LogP contribution < -0.4 is 0 Å². The number of esters is 2. The lowest BCUT2D eigenvalue weighted by Crippen LogP contribution is -2.29. The Morgan fingerprint density at radius 3 is 1.25 bits per heavy atom. The van der Waals surface area contributed by atoms with Crippen LogP contribution in [0.25, 0.3) is 0 Å². The van der Waals surface area contributed by atoms with Crippen molar-refractivity contribution in [1.29, 1.82) is 0 Å². The smallest absolute Gasteiger partial charge is 0.462 e. The molecule has 0 radical (unpaired) electrons. The van der Waals surface area contributed by atoms with Crippen molar-refractivity contribution < 1.29 is 37.6 Å². The summed E-state index contributed by atoms with van der Waals surface area (Å²) in [5.41, 5.74) is 0. The zero-order valence-corrected chi connectivity index (χ0v) is 34.7. The zero-order valence-electron chi connectivity index (χ0n) is 33.8. The number of ether oxygens (including phenoxy) is 2. The van der Waals surface area contributed by atoms with Crippen molar-refractivity contribution in [2.45, 2.75) is 213 Å². The number of nitrogens with zero attached hydrogens (tertiary/aromatic N) is 1. The molecule has 51 heavy (non-hydrogen) atoms. The first-order chi connectivity index (χ1) is 24.7. The molecule has 1 N–H and O–H groups in total.